The van der Waals surface area contributed by atoms with Gasteiger partial charge in [-0.3, -0.25) is 4.98 Å². The van der Waals surface area contributed by atoms with E-state index in [2.05, 4.69) is 4.98 Å². The molecule has 0 aliphatic rings. The molecule has 1 aromatic carbocycles. The molecule has 18 heavy (non-hydrogen) atoms. The minimum atomic E-state index is 0.211. The molecule has 0 aliphatic carbocycles. The average Bonchev–Trinajstić information content (AvgIpc) is 2.33. The highest BCUT2D eigenvalue weighted by molar-refractivity contribution is 7.80. The van der Waals surface area contributed by atoms with Gasteiger partial charge < -0.3 is 10.5 Å². The highest BCUT2D eigenvalue weighted by Crippen LogP contribution is 2.31. The van der Waals surface area contributed by atoms with Crippen molar-refractivity contribution >= 4 is 40.4 Å². The Morgan fingerprint density at radius 1 is 1.22 bits per heavy atom. The molecule has 0 aliphatic heterocycles. The minimum Gasteiger partial charge on any atom is -0.456 e. The molecule has 0 spiro atoms. The van der Waals surface area contributed by atoms with Gasteiger partial charge in [0.2, 0.25) is 0 Å². The summed E-state index contributed by atoms with van der Waals surface area (Å²) in [4.78, 5) is 4.23. The third kappa shape index (κ3) is 3.10. The fourth-order valence-corrected chi connectivity index (χ4v) is 1.85. The number of pyridine rings is 1. The van der Waals surface area contributed by atoms with Gasteiger partial charge in [0, 0.05) is 17.3 Å². The summed E-state index contributed by atoms with van der Waals surface area (Å²) in [6, 6.07) is 8.32. The minimum absolute atomic E-state index is 0.211. The van der Waals surface area contributed by atoms with Gasteiger partial charge in [-0.2, -0.15) is 0 Å². The van der Waals surface area contributed by atoms with Crippen LogP contribution in [0.3, 0.4) is 0 Å². The van der Waals surface area contributed by atoms with Gasteiger partial charge in [0.25, 0.3) is 0 Å². The lowest BCUT2D eigenvalue weighted by Gasteiger charge is -2.08. The van der Waals surface area contributed by atoms with Gasteiger partial charge in [0.15, 0.2) is 0 Å². The summed E-state index contributed by atoms with van der Waals surface area (Å²) in [5.74, 6) is 1.05. The van der Waals surface area contributed by atoms with E-state index in [0.717, 1.165) is 0 Å². The number of benzene rings is 1. The fraction of sp³-hybridized carbons (Fsp3) is 0. The van der Waals surface area contributed by atoms with Crippen LogP contribution in [0.15, 0.2) is 36.5 Å². The Morgan fingerprint density at radius 3 is 2.67 bits per heavy atom. The van der Waals surface area contributed by atoms with Crippen molar-refractivity contribution in [1.82, 2.24) is 4.98 Å². The van der Waals surface area contributed by atoms with Crippen molar-refractivity contribution in [3.05, 3.63) is 52.3 Å². The van der Waals surface area contributed by atoms with Crippen molar-refractivity contribution in [2.45, 2.75) is 0 Å². The maximum absolute atomic E-state index is 6.01. The lowest BCUT2D eigenvalue weighted by molar-refractivity contribution is 0.482. The quantitative estimate of drug-likeness (QED) is 0.875. The molecule has 2 aromatic rings. The maximum Gasteiger partial charge on any atom is 0.146 e. The van der Waals surface area contributed by atoms with Crippen molar-refractivity contribution in [3.8, 4) is 11.5 Å². The molecule has 2 rings (SSSR count). The molecule has 0 fully saturated rings. The smallest absolute Gasteiger partial charge is 0.146 e. The third-order valence-electron chi connectivity index (χ3n) is 2.11. The zero-order valence-corrected chi connectivity index (χ0v) is 11.4. The fourth-order valence-electron chi connectivity index (χ4n) is 1.29. The summed E-state index contributed by atoms with van der Waals surface area (Å²) in [7, 11) is 0. The summed E-state index contributed by atoms with van der Waals surface area (Å²) < 4.78 is 5.61. The number of ether oxygens (including phenoxy) is 1. The molecule has 0 atom stereocenters. The van der Waals surface area contributed by atoms with E-state index in [1.54, 1.807) is 36.5 Å². The second-order valence-corrected chi connectivity index (χ2v) is 4.70. The van der Waals surface area contributed by atoms with Gasteiger partial charge >= 0.3 is 0 Å². The molecule has 0 radical (unpaired) electrons. The van der Waals surface area contributed by atoms with E-state index in [0.29, 0.717) is 27.2 Å². The molecule has 0 saturated carbocycles. The van der Waals surface area contributed by atoms with Crippen LogP contribution in [-0.2, 0) is 0 Å². The van der Waals surface area contributed by atoms with Crippen LogP contribution in [0.25, 0.3) is 0 Å². The number of nitrogens with zero attached hydrogens (tertiary/aromatic N) is 1. The number of aromatic nitrogens is 1. The monoisotopic (exact) mass is 298 g/mol. The molecule has 6 heteroatoms. The number of thiocarbonyl (C=S) groups is 1. The Kier molecular flexibility index (Phi) is 4.01. The summed E-state index contributed by atoms with van der Waals surface area (Å²) >= 11 is 16.7. The Hall–Kier alpha value is -1.36. The number of hydrogen-bond acceptors (Lipinski definition) is 3. The Labute approximate surface area is 119 Å². The lowest BCUT2D eigenvalue weighted by atomic mass is 10.3. The van der Waals surface area contributed by atoms with Crippen LogP contribution < -0.4 is 10.5 Å². The van der Waals surface area contributed by atoms with Gasteiger partial charge in [-0.05, 0) is 24.3 Å². The first-order valence-corrected chi connectivity index (χ1v) is 6.11. The number of halogens is 2. The second-order valence-electron chi connectivity index (χ2n) is 3.42. The normalized spacial score (nSPS) is 10.1. The standard InChI is InChI=1S/C12H8Cl2N2OS/c13-7-1-2-11(9(14)5-7)17-8-3-4-16-10(6-8)12(15)18/h1-6H,(H2,15,18). The van der Waals surface area contributed by atoms with Gasteiger partial charge in [-0.25, -0.2) is 0 Å². The van der Waals surface area contributed by atoms with Crippen LogP contribution in [0.2, 0.25) is 10.0 Å². The first-order chi connectivity index (χ1) is 8.56. The Balaban J connectivity index is 2.28. The Morgan fingerprint density at radius 2 is 2.00 bits per heavy atom. The molecule has 2 N–H and O–H groups in total. The van der Waals surface area contributed by atoms with Crippen LogP contribution in [-0.4, -0.2) is 9.97 Å². The van der Waals surface area contributed by atoms with Crippen LogP contribution in [0.5, 0.6) is 11.5 Å². The molecular formula is C12H8Cl2N2OS. The third-order valence-corrected chi connectivity index (χ3v) is 2.85. The average molecular weight is 299 g/mol. The van der Waals surface area contributed by atoms with E-state index in [1.165, 1.54) is 0 Å². The molecular weight excluding hydrogens is 291 g/mol. The number of hydrogen-bond donors (Lipinski definition) is 1. The molecule has 0 amide bonds. The number of rotatable bonds is 3. The molecule has 1 aromatic heterocycles. The highest BCUT2D eigenvalue weighted by atomic mass is 35.5. The summed E-state index contributed by atoms with van der Waals surface area (Å²) in [6.07, 6.45) is 1.56. The molecule has 0 saturated heterocycles. The van der Waals surface area contributed by atoms with Crippen molar-refractivity contribution < 1.29 is 4.74 Å². The van der Waals surface area contributed by atoms with Crippen LogP contribution in [0.1, 0.15) is 5.69 Å². The van der Waals surface area contributed by atoms with Gasteiger partial charge in [0.05, 0.1) is 5.02 Å². The van der Waals surface area contributed by atoms with Crippen LogP contribution >= 0.6 is 35.4 Å². The van der Waals surface area contributed by atoms with E-state index in [1.807, 2.05) is 0 Å². The summed E-state index contributed by atoms with van der Waals surface area (Å²) in [5, 5.41) is 0.974. The van der Waals surface area contributed by atoms with Crippen LogP contribution in [0.4, 0.5) is 0 Å². The maximum atomic E-state index is 6.01. The first kappa shape index (κ1) is 13.1. The molecule has 1 heterocycles. The van der Waals surface area contributed by atoms with Crippen LogP contribution in [0, 0.1) is 0 Å². The van der Waals surface area contributed by atoms with Crippen molar-refractivity contribution in [3.63, 3.8) is 0 Å². The predicted octanol–water partition coefficient (Wildman–Crippen LogP) is 3.81. The van der Waals surface area contributed by atoms with E-state index in [4.69, 9.17) is 45.9 Å². The first-order valence-electron chi connectivity index (χ1n) is 4.95. The summed E-state index contributed by atoms with van der Waals surface area (Å²) in [5.41, 5.74) is 5.99. The second kappa shape index (κ2) is 5.52. The zero-order chi connectivity index (χ0) is 13.1. The van der Waals surface area contributed by atoms with Crippen molar-refractivity contribution in [2.24, 2.45) is 5.73 Å². The van der Waals surface area contributed by atoms with Gasteiger partial charge in [-0.15, -0.1) is 0 Å². The van der Waals surface area contributed by atoms with E-state index >= 15 is 0 Å². The Bertz CT molecular complexity index is 604. The number of nitrogens with two attached hydrogens (primary N) is 1. The van der Waals surface area contributed by atoms with E-state index in [9.17, 15) is 0 Å². The van der Waals surface area contributed by atoms with Gasteiger partial charge in [0.1, 0.15) is 22.2 Å². The molecule has 0 unspecified atom stereocenters. The largest absolute Gasteiger partial charge is 0.456 e. The molecule has 0 bridgehead atoms. The molecule has 92 valence electrons. The zero-order valence-electron chi connectivity index (χ0n) is 9.06. The molecule has 3 nitrogen and oxygen atoms in total. The summed E-state index contributed by atoms with van der Waals surface area (Å²) in [6.45, 7) is 0. The lowest BCUT2D eigenvalue weighted by Crippen LogP contribution is -2.11. The van der Waals surface area contributed by atoms with Crippen molar-refractivity contribution in [1.29, 1.82) is 0 Å². The van der Waals surface area contributed by atoms with Gasteiger partial charge in [-0.1, -0.05) is 35.4 Å². The van der Waals surface area contributed by atoms with Crippen molar-refractivity contribution in [2.75, 3.05) is 0 Å². The highest BCUT2D eigenvalue weighted by Gasteiger charge is 2.06. The predicted molar refractivity (Wildman–Crippen MR) is 76.7 cm³/mol. The van der Waals surface area contributed by atoms with E-state index in [-0.39, 0.29) is 4.99 Å². The topological polar surface area (TPSA) is 48.1 Å². The van der Waals surface area contributed by atoms with E-state index < -0.39 is 0 Å². The SMILES string of the molecule is NC(=S)c1cc(Oc2ccc(Cl)cc2Cl)ccn1.